The van der Waals surface area contributed by atoms with Gasteiger partial charge < -0.3 is 14.7 Å². The molecule has 0 aromatic carbocycles. The summed E-state index contributed by atoms with van der Waals surface area (Å²) in [6.45, 7) is 1.69. The zero-order valence-electron chi connectivity index (χ0n) is 9.09. The number of carboxylic acids is 1. The topological polar surface area (TPSA) is 79.7 Å². The average molecular weight is 256 g/mol. The first-order valence-electron chi connectivity index (χ1n) is 5.26. The second-order valence-corrected chi connectivity index (χ2v) is 4.58. The largest absolute Gasteiger partial charge is 0.476 e. The van der Waals surface area contributed by atoms with Crippen LogP contribution in [0.15, 0.2) is 5.38 Å². The van der Waals surface area contributed by atoms with Crippen molar-refractivity contribution in [3.05, 3.63) is 16.1 Å². The van der Waals surface area contributed by atoms with Crippen LogP contribution in [0.2, 0.25) is 0 Å². The number of ether oxygens (including phenoxy) is 1. The summed E-state index contributed by atoms with van der Waals surface area (Å²) in [5, 5.41) is 10.9. The molecule has 0 unspecified atom stereocenters. The third kappa shape index (κ3) is 2.94. The molecule has 1 saturated heterocycles. The van der Waals surface area contributed by atoms with Gasteiger partial charge in [0.2, 0.25) is 0 Å². The first-order valence-corrected chi connectivity index (χ1v) is 6.14. The number of amides is 1. The highest BCUT2D eigenvalue weighted by atomic mass is 32.1. The van der Waals surface area contributed by atoms with Crippen LogP contribution in [0.3, 0.4) is 0 Å². The van der Waals surface area contributed by atoms with Gasteiger partial charge in [-0.25, -0.2) is 14.6 Å². The molecule has 2 rings (SSSR count). The monoisotopic (exact) mass is 256 g/mol. The van der Waals surface area contributed by atoms with Gasteiger partial charge in [0, 0.05) is 24.9 Å². The van der Waals surface area contributed by atoms with Crippen LogP contribution in [0, 0.1) is 0 Å². The van der Waals surface area contributed by atoms with Gasteiger partial charge in [-0.2, -0.15) is 0 Å². The zero-order valence-corrected chi connectivity index (χ0v) is 9.90. The first-order chi connectivity index (χ1) is 8.16. The van der Waals surface area contributed by atoms with Crippen molar-refractivity contribution in [3.8, 4) is 0 Å². The normalized spacial score (nSPS) is 15.8. The summed E-state index contributed by atoms with van der Waals surface area (Å²) in [6, 6.07) is 0. The van der Waals surface area contributed by atoms with Crippen molar-refractivity contribution in [2.75, 3.05) is 19.7 Å². The molecule has 0 radical (unpaired) electrons. The van der Waals surface area contributed by atoms with Gasteiger partial charge in [-0.05, 0) is 6.42 Å². The molecule has 1 aliphatic heterocycles. The summed E-state index contributed by atoms with van der Waals surface area (Å²) in [7, 11) is 0. The van der Waals surface area contributed by atoms with Gasteiger partial charge in [0.15, 0.2) is 5.69 Å². The molecule has 17 heavy (non-hydrogen) atoms. The maximum atomic E-state index is 11.3. The van der Waals surface area contributed by atoms with Gasteiger partial charge in [0.1, 0.15) is 0 Å². The van der Waals surface area contributed by atoms with E-state index < -0.39 is 5.97 Å². The van der Waals surface area contributed by atoms with Crippen molar-refractivity contribution in [3.63, 3.8) is 0 Å². The lowest BCUT2D eigenvalue weighted by atomic mass is 10.3. The van der Waals surface area contributed by atoms with Crippen LogP contribution in [0.1, 0.15) is 21.9 Å². The predicted molar refractivity (Wildman–Crippen MR) is 60.3 cm³/mol. The van der Waals surface area contributed by atoms with Gasteiger partial charge in [0.25, 0.3) is 0 Å². The SMILES string of the molecule is O=C(O)c1csc(CCN2CCCOC2=O)n1. The van der Waals surface area contributed by atoms with E-state index in [4.69, 9.17) is 9.84 Å². The Kier molecular flexibility index (Phi) is 3.58. The molecule has 0 saturated carbocycles. The fourth-order valence-electron chi connectivity index (χ4n) is 1.56. The minimum absolute atomic E-state index is 0.0613. The highest BCUT2D eigenvalue weighted by Crippen LogP contribution is 2.12. The van der Waals surface area contributed by atoms with Crippen LogP contribution in [0.25, 0.3) is 0 Å². The Hall–Kier alpha value is -1.63. The van der Waals surface area contributed by atoms with Crippen LogP contribution < -0.4 is 0 Å². The Morgan fingerprint density at radius 3 is 3.12 bits per heavy atom. The number of nitrogens with zero attached hydrogens (tertiary/aromatic N) is 2. The smallest absolute Gasteiger partial charge is 0.409 e. The number of aromatic nitrogens is 1. The lowest BCUT2D eigenvalue weighted by Crippen LogP contribution is -2.38. The van der Waals surface area contributed by atoms with Gasteiger partial charge >= 0.3 is 12.1 Å². The summed E-state index contributed by atoms with van der Waals surface area (Å²) < 4.78 is 4.90. The molecular formula is C10H12N2O4S. The number of cyclic esters (lactones) is 1. The third-order valence-corrected chi connectivity index (χ3v) is 3.33. The highest BCUT2D eigenvalue weighted by molar-refractivity contribution is 7.09. The first kappa shape index (κ1) is 11.8. The minimum Gasteiger partial charge on any atom is -0.476 e. The zero-order chi connectivity index (χ0) is 12.3. The molecule has 0 spiro atoms. The number of carbonyl (C=O) groups excluding carboxylic acids is 1. The average Bonchev–Trinajstić information content (AvgIpc) is 2.77. The van der Waals surface area contributed by atoms with Crippen molar-refractivity contribution in [1.29, 1.82) is 0 Å². The van der Waals surface area contributed by atoms with Crippen molar-refractivity contribution >= 4 is 23.4 Å². The maximum absolute atomic E-state index is 11.3. The van der Waals surface area contributed by atoms with Crippen LogP contribution >= 0.6 is 11.3 Å². The number of thiazole rings is 1. The molecular weight excluding hydrogens is 244 g/mol. The van der Waals surface area contributed by atoms with Crippen LogP contribution in [-0.2, 0) is 11.2 Å². The fourth-order valence-corrected chi connectivity index (χ4v) is 2.32. The molecule has 92 valence electrons. The van der Waals surface area contributed by atoms with E-state index in [1.54, 1.807) is 4.90 Å². The second kappa shape index (κ2) is 5.13. The summed E-state index contributed by atoms with van der Waals surface area (Å²) in [5.41, 5.74) is 0.0613. The Balaban J connectivity index is 1.88. The Labute approximate surface area is 102 Å². The number of hydrogen-bond donors (Lipinski definition) is 1. The molecule has 6 nitrogen and oxygen atoms in total. The Morgan fingerprint density at radius 2 is 2.47 bits per heavy atom. The van der Waals surface area contributed by atoms with E-state index in [2.05, 4.69) is 4.98 Å². The van der Waals surface area contributed by atoms with E-state index in [-0.39, 0.29) is 11.8 Å². The van der Waals surface area contributed by atoms with Crippen molar-refractivity contribution in [1.82, 2.24) is 9.88 Å². The minimum atomic E-state index is -1.02. The summed E-state index contributed by atoms with van der Waals surface area (Å²) >= 11 is 1.30. The van der Waals surface area contributed by atoms with Gasteiger partial charge in [-0.15, -0.1) is 11.3 Å². The molecule has 1 amide bonds. The molecule has 1 aromatic rings. The molecule has 1 aromatic heterocycles. The number of hydrogen-bond acceptors (Lipinski definition) is 5. The summed E-state index contributed by atoms with van der Waals surface area (Å²) in [5.74, 6) is -1.02. The van der Waals surface area contributed by atoms with E-state index in [0.29, 0.717) is 26.1 Å². The van der Waals surface area contributed by atoms with E-state index in [0.717, 1.165) is 11.4 Å². The molecule has 0 aliphatic carbocycles. The standard InChI is InChI=1S/C10H12N2O4S/c13-9(14)7-6-17-8(11-7)2-4-12-3-1-5-16-10(12)15/h6H,1-5H2,(H,13,14). The molecule has 7 heteroatoms. The molecule has 1 N–H and O–H groups in total. The number of aromatic carboxylic acids is 1. The lowest BCUT2D eigenvalue weighted by molar-refractivity contribution is 0.0687. The molecule has 2 heterocycles. The number of rotatable bonds is 4. The van der Waals surface area contributed by atoms with E-state index >= 15 is 0 Å². The predicted octanol–water partition coefficient (Wildman–Crippen LogP) is 1.23. The van der Waals surface area contributed by atoms with Crippen LogP contribution in [0.4, 0.5) is 4.79 Å². The van der Waals surface area contributed by atoms with E-state index in [9.17, 15) is 9.59 Å². The molecule has 1 aliphatic rings. The van der Waals surface area contributed by atoms with Gasteiger partial charge in [0.05, 0.1) is 11.6 Å². The van der Waals surface area contributed by atoms with Gasteiger partial charge in [-0.1, -0.05) is 0 Å². The van der Waals surface area contributed by atoms with E-state index in [1.807, 2.05) is 0 Å². The van der Waals surface area contributed by atoms with Gasteiger partial charge in [-0.3, -0.25) is 0 Å². The Bertz CT molecular complexity index is 432. The maximum Gasteiger partial charge on any atom is 0.409 e. The van der Waals surface area contributed by atoms with Crippen molar-refractivity contribution in [2.24, 2.45) is 0 Å². The lowest BCUT2D eigenvalue weighted by Gasteiger charge is -2.25. The number of carboxylic acid groups (broad SMARTS) is 1. The van der Waals surface area contributed by atoms with Crippen LogP contribution in [0.5, 0.6) is 0 Å². The third-order valence-electron chi connectivity index (χ3n) is 2.42. The second-order valence-electron chi connectivity index (χ2n) is 3.64. The van der Waals surface area contributed by atoms with E-state index in [1.165, 1.54) is 16.7 Å². The summed E-state index contributed by atoms with van der Waals surface area (Å²) in [4.78, 5) is 27.5. The summed E-state index contributed by atoms with van der Waals surface area (Å²) in [6.07, 6.45) is 1.10. The van der Waals surface area contributed by atoms with Crippen LogP contribution in [-0.4, -0.2) is 46.7 Å². The molecule has 1 fully saturated rings. The fraction of sp³-hybridized carbons (Fsp3) is 0.500. The molecule has 0 bridgehead atoms. The quantitative estimate of drug-likeness (QED) is 0.876. The highest BCUT2D eigenvalue weighted by Gasteiger charge is 2.19. The Morgan fingerprint density at radius 1 is 1.65 bits per heavy atom. The molecule has 0 atom stereocenters. The van der Waals surface area contributed by atoms with Crippen molar-refractivity contribution in [2.45, 2.75) is 12.8 Å². The van der Waals surface area contributed by atoms with Crippen molar-refractivity contribution < 1.29 is 19.4 Å². The number of carbonyl (C=O) groups is 2.